The van der Waals surface area contributed by atoms with Crippen molar-refractivity contribution >= 4 is 17.6 Å². The Morgan fingerprint density at radius 1 is 1.17 bits per heavy atom. The third-order valence-electron chi connectivity index (χ3n) is 4.61. The Balaban J connectivity index is 1.56. The molecule has 29 heavy (non-hydrogen) atoms. The van der Waals surface area contributed by atoms with Crippen LogP contribution in [0, 0.1) is 13.8 Å². The molecule has 0 saturated carbocycles. The molecule has 3 rings (SSSR count). The number of hydrogen-bond acceptors (Lipinski definition) is 6. The molecule has 0 radical (unpaired) electrons. The van der Waals surface area contributed by atoms with Crippen LogP contribution in [-0.2, 0) is 22.4 Å². The van der Waals surface area contributed by atoms with Crippen LogP contribution in [0.3, 0.4) is 0 Å². The van der Waals surface area contributed by atoms with E-state index >= 15 is 0 Å². The van der Waals surface area contributed by atoms with Crippen LogP contribution in [-0.4, -0.2) is 29.7 Å². The van der Waals surface area contributed by atoms with Gasteiger partial charge in [0.05, 0.1) is 25.0 Å². The van der Waals surface area contributed by atoms with Crippen LogP contribution < -0.4 is 4.74 Å². The number of carbonyl (C=O) groups excluding carboxylic acids is 1. The van der Waals surface area contributed by atoms with Gasteiger partial charge in [-0.3, -0.25) is 4.79 Å². The van der Waals surface area contributed by atoms with Crippen LogP contribution in [0.2, 0.25) is 5.15 Å². The van der Waals surface area contributed by atoms with Gasteiger partial charge in [-0.2, -0.15) is 0 Å². The van der Waals surface area contributed by atoms with Gasteiger partial charge in [0.1, 0.15) is 16.7 Å². The second kappa shape index (κ2) is 9.56. The number of esters is 1. The molecule has 0 aliphatic heterocycles. The zero-order valence-electron chi connectivity index (χ0n) is 16.7. The van der Waals surface area contributed by atoms with Gasteiger partial charge in [-0.15, -0.1) is 0 Å². The molecule has 3 aromatic rings. The molecule has 0 amide bonds. The van der Waals surface area contributed by atoms with Gasteiger partial charge >= 0.3 is 5.97 Å². The Morgan fingerprint density at radius 2 is 2.00 bits per heavy atom. The van der Waals surface area contributed by atoms with Gasteiger partial charge in [0.2, 0.25) is 5.89 Å². The summed E-state index contributed by atoms with van der Waals surface area (Å²) < 4.78 is 16.3. The molecule has 0 bridgehead atoms. The average molecular weight is 415 g/mol. The molecule has 1 aromatic carbocycles. The number of halogens is 1. The molecule has 0 fully saturated rings. The van der Waals surface area contributed by atoms with Gasteiger partial charge in [-0.05, 0) is 55.7 Å². The Labute approximate surface area is 174 Å². The first kappa shape index (κ1) is 20.9. The molecular formula is C22H23ClN2O4. The van der Waals surface area contributed by atoms with E-state index in [0.717, 1.165) is 33.9 Å². The van der Waals surface area contributed by atoms with Crippen molar-refractivity contribution in [3.8, 4) is 17.2 Å². The topological polar surface area (TPSA) is 74.5 Å². The Hall–Kier alpha value is -2.86. The predicted octanol–water partition coefficient (Wildman–Crippen LogP) is 4.73. The second-order valence-corrected chi connectivity index (χ2v) is 7.04. The van der Waals surface area contributed by atoms with Crippen molar-refractivity contribution in [3.05, 3.63) is 64.3 Å². The van der Waals surface area contributed by atoms with Crippen molar-refractivity contribution in [2.45, 2.75) is 33.1 Å². The summed E-state index contributed by atoms with van der Waals surface area (Å²) in [7, 11) is 1.40. The molecule has 152 valence electrons. The number of aromatic nitrogens is 2. The van der Waals surface area contributed by atoms with E-state index in [1.807, 2.05) is 38.1 Å². The van der Waals surface area contributed by atoms with Gasteiger partial charge in [-0.25, -0.2) is 9.97 Å². The zero-order valence-corrected chi connectivity index (χ0v) is 17.5. The standard InChI is InChI=1S/C22H23ClN2O4/c1-14-12-18(7-4-16(14)6-9-21(26)27-3)28-11-10-19-15(2)29-22(25-19)17-5-8-20(23)24-13-17/h4-5,7-8,12-13H,6,9-11H2,1-3H3. The highest BCUT2D eigenvalue weighted by atomic mass is 35.5. The third kappa shape index (κ3) is 5.57. The number of carbonyl (C=O) groups is 1. The first-order chi connectivity index (χ1) is 14.0. The molecule has 0 unspecified atom stereocenters. The van der Waals surface area contributed by atoms with E-state index < -0.39 is 0 Å². The number of nitrogens with zero attached hydrogens (tertiary/aromatic N) is 2. The van der Waals surface area contributed by atoms with Gasteiger partial charge in [0.15, 0.2) is 0 Å². The third-order valence-corrected chi connectivity index (χ3v) is 4.84. The lowest BCUT2D eigenvalue weighted by atomic mass is 10.0. The first-order valence-corrected chi connectivity index (χ1v) is 9.71. The van der Waals surface area contributed by atoms with E-state index in [2.05, 4.69) is 14.7 Å². The van der Waals surface area contributed by atoms with Gasteiger partial charge in [0.25, 0.3) is 0 Å². The lowest BCUT2D eigenvalue weighted by Gasteiger charge is -2.10. The quantitative estimate of drug-likeness (QED) is 0.391. The molecular weight excluding hydrogens is 392 g/mol. The van der Waals surface area contributed by atoms with Gasteiger partial charge in [-0.1, -0.05) is 17.7 Å². The fourth-order valence-corrected chi connectivity index (χ4v) is 3.04. The number of oxazole rings is 1. The SMILES string of the molecule is COC(=O)CCc1ccc(OCCc2nc(-c3ccc(Cl)nc3)oc2C)cc1C. The number of methoxy groups -OCH3 is 1. The van der Waals surface area contributed by atoms with Crippen LogP contribution in [0.4, 0.5) is 0 Å². The lowest BCUT2D eigenvalue weighted by Crippen LogP contribution is -2.04. The van der Waals surface area contributed by atoms with Gasteiger partial charge in [0, 0.05) is 19.0 Å². The first-order valence-electron chi connectivity index (χ1n) is 9.33. The molecule has 2 aromatic heterocycles. The maximum atomic E-state index is 11.3. The molecule has 2 heterocycles. The summed E-state index contributed by atoms with van der Waals surface area (Å²) in [5.41, 5.74) is 3.82. The molecule has 0 saturated heterocycles. The Bertz CT molecular complexity index is 983. The van der Waals surface area contributed by atoms with E-state index in [-0.39, 0.29) is 5.97 Å². The van der Waals surface area contributed by atoms with Gasteiger partial charge < -0.3 is 13.9 Å². The van der Waals surface area contributed by atoms with Crippen LogP contribution in [0.1, 0.15) is 29.0 Å². The molecule has 6 nitrogen and oxygen atoms in total. The number of hydrogen-bond donors (Lipinski definition) is 0. The van der Waals surface area contributed by atoms with Crippen LogP contribution in [0.5, 0.6) is 5.75 Å². The Morgan fingerprint density at radius 3 is 2.69 bits per heavy atom. The average Bonchev–Trinajstić information content (AvgIpc) is 3.08. The summed E-state index contributed by atoms with van der Waals surface area (Å²) in [6.45, 7) is 4.37. The molecule has 0 N–H and O–H groups in total. The maximum Gasteiger partial charge on any atom is 0.305 e. The highest BCUT2D eigenvalue weighted by Gasteiger charge is 2.12. The highest BCUT2D eigenvalue weighted by molar-refractivity contribution is 6.29. The normalized spacial score (nSPS) is 10.8. The van der Waals surface area contributed by atoms with Crippen molar-refractivity contribution < 1.29 is 18.7 Å². The van der Waals surface area contributed by atoms with E-state index in [0.29, 0.717) is 36.9 Å². The van der Waals surface area contributed by atoms with Crippen LogP contribution >= 0.6 is 11.6 Å². The monoisotopic (exact) mass is 414 g/mol. The number of ether oxygens (including phenoxy) is 2. The van der Waals surface area contributed by atoms with E-state index in [1.54, 1.807) is 12.3 Å². The molecule has 0 aliphatic rings. The van der Waals surface area contributed by atoms with Crippen molar-refractivity contribution in [1.29, 1.82) is 0 Å². The van der Waals surface area contributed by atoms with Crippen LogP contribution in [0.25, 0.3) is 11.5 Å². The van der Waals surface area contributed by atoms with Crippen molar-refractivity contribution in [3.63, 3.8) is 0 Å². The molecule has 0 atom stereocenters. The molecule has 7 heteroatoms. The minimum atomic E-state index is -0.207. The predicted molar refractivity (Wildman–Crippen MR) is 110 cm³/mol. The highest BCUT2D eigenvalue weighted by Crippen LogP contribution is 2.23. The number of aryl methyl sites for hydroxylation is 3. The maximum absolute atomic E-state index is 11.3. The van der Waals surface area contributed by atoms with E-state index in [1.165, 1.54) is 7.11 Å². The number of benzene rings is 1. The summed E-state index contributed by atoms with van der Waals surface area (Å²) in [6, 6.07) is 9.41. The van der Waals surface area contributed by atoms with Crippen molar-refractivity contribution in [2.75, 3.05) is 13.7 Å². The summed E-state index contributed by atoms with van der Waals surface area (Å²) in [6.07, 6.45) is 3.28. The summed E-state index contributed by atoms with van der Waals surface area (Å²) >= 11 is 5.82. The number of pyridine rings is 1. The van der Waals surface area contributed by atoms with E-state index in [9.17, 15) is 4.79 Å². The summed E-state index contributed by atoms with van der Waals surface area (Å²) in [4.78, 5) is 19.9. The summed E-state index contributed by atoms with van der Waals surface area (Å²) in [5, 5.41) is 0.428. The summed E-state index contributed by atoms with van der Waals surface area (Å²) in [5.74, 6) is 1.86. The molecule has 0 spiro atoms. The molecule has 0 aliphatic carbocycles. The Kier molecular flexibility index (Phi) is 6.88. The minimum absolute atomic E-state index is 0.207. The van der Waals surface area contributed by atoms with Crippen molar-refractivity contribution in [2.24, 2.45) is 0 Å². The van der Waals surface area contributed by atoms with E-state index in [4.69, 9.17) is 20.8 Å². The van der Waals surface area contributed by atoms with Crippen molar-refractivity contribution in [1.82, 2.24) is 9.97 Å². The minimum Gasteiger partial charge on any atom is -0.493 e. The largest absolute Gasteiger partial charge is 0.493 e. The fraction of sp³-hybridized carbons (Fsp3) is 0.318. The second-order valence-electron chi connectivity index (χ2n) is 6.65. The zero-order chi connectivity index (χ0) is 20.8. The van der Waals surface area contributed by atoms with Crippen LogP contribution in [0.15, 0.2) is 40.9 Å². The smallest absolute Gasteiger partial charge is 0.305 e. The lowest BCUT2D eigenvalue weighted by molar-refractivity contribution is -0.140. The number of rotatable bonds is 8. The fourth-order valence-electron chi connectivity index (χ4n) is 2.93.